The van der Waals surface area contributed by atoms with E-state index >= 15 is 0 Å². The lowest BCUT2D eigenvalue weighted by atomic mass is 9.85. The molecule has 3 N–H and O–H groups in total. The zero-order valence-corrected chi connectivity index (χ0v) is 14.3. The average molecular weight is 320 g/mol. The van der Waals surface area contributed by atoms with Crippen molar-refractivity contribution in [3.8, 4) is 0 Å². The van der Waals surface area contributed by atoms with E-state index in [4.69, 9.17) is 4.74 Å². The molecule has 0 radical (unpaired) electrons. The van der Waals surface area contributed by atoms with Crippen molar-refractivity contribution in [3.05, 3.63) is 34.9 Å². The lowest BCUT2D eigenvalue weighted by molar-refractivity contribution is 0.0659. The molecular weight excluding hydrogens is 292 g/mol. The van der Waals surface area contributed by atoms with Crippen LogP contribution in [0.4, 0.5) is 4.79 Å². The molecule has 0 aliphatic heterocycles. The van der Waals surface area contributed by atoms with E-state index < -0.39 is 6.10 Å². The van der Waals surface area contributed by atoms with Crippen LogP contribution in [0.25, 0.3) is 0 Å². The molecule has 128 valence electrons. The summed E-state index contributed by atoms with van der Waals surface area (Å²) in [6.07, 6.45) is 2.41. The number of urea groups is 1. The van der Waals surface area contributed by atoms with Crippen molar-refractivity contribution in [1.29, 1.82) is 0 Å². The van der Waals surface area contributed by atoms with Crippen molar-refractivity contribution in [3.63, 3.8) is 0 Å². The fourth-order valence-electron chi connectivity index (χ4n) is 3.00. The van der Waals surface area contributed by atoms with Gasteiger partial charge in [0.25, 0.3) is 0 Å². The van der Waals surface area contributed by atoms with Crippen LogP contribution in [0.15, 0.2) is 18.2 Å². The van der Waals surface area contributed by atoms with Gasteiger partial charge in [0, 0.05) is 13.7 Å². The van der Waals surface area contributed by atoms with Crippen molar-refractivity contribution >= 4 is 6.03 Å². The minimum Gasteiger partial charge on any atom is -0.389 e. The molecule has 5 nitrogen and oxygen atoms in total. The first-order chi connectivity index (χ1) is 11.0. The van der Waals surface area contributed by atoms with Gasteiger partial charge in [-0.15, -0.1) is 0 Å². The molecule has 2 atom stereocenters. The second-order valence-electron chi connectivity index (χ2n) is 6.52. The number of carbonyl (C=O) groups excluding carboxylic acids is 1. The molecule has 0 saturated heterocycles. The SMILES string of the molecule is COCC(O)CNC(=O)N[C@@H]1CCCc2ccc(C(C)C)cc21. The Kier molecular flexibility index (Phi) is 6.42. The van der Waals surface area contributed by atoms with Gasteiger partial charge in [-0.05, 0) is 41.9 Å². The van der Waals surface area contributed by atoms with Gasteiger partial charge < -0.3 is 20.5 Å². The Hall–Kier alpha value is -1.59. The molecule has 1 unspecified atom stereocenters. The zero-order chi connectivity index (χ0) is 16.8. The molecule has 0 bridgehead atoms. The normalized spacial score (nSPS) is 18.4. The topological polar surface area (TPSA) is 70.6 Å². The minimum absolute atomic E-state index is 0.0389. The molecule has 1 aromatic carbocycles. The molecule has 1 aliphatic rings. The van der Waals surface area contributed by atoms with Crippen molar-refractivity contribution < 1.29 is 14.6 Å². The number of hydrogen-bond donors (Lipinski definition) is 3. The fraction of sp³-hybridized carbons (Fsp3) is 0.611. The van der Waals surface area contributed by atoms with E-state index in [2.05, 4.69) is 42.7 Å². The molecule has 0 fully saturated rings. The van der Waals surface area contributed by atoms with Crippen LogP contribution in [-0.2, 0) is 11.2 Å². The van der Waals surface area contributed by atoms with Gasteiger partial charge in [-0.25, -0.2) is 4.79 Å². The Morgan fingerprint density at radius 3 is 2.91 bits per heavy atom. The molecule has 0 aromatic heterocycles. The number of fused-ring (bicyclic) bond motifs is 1. The zero-order valence-electron chi connectivity index (χ0n) is 14.3. The Balaban J connectivity index is 1.99. The number of amides is 2. The number of ether oxygens (including phenoxy) is 1. The summed E-state index contributed by atoms with van der Waals surface area (Å²) in [5.41, 5.74) is 3.86. The lowest BCUT2D eigenvalue weighted by Crippen LogP contribution is -2.43. The Morgan fingerprint density at radius 2 is 2.22 bits per heavy atom. The van der Waals surface area contributed by atoms with E-state index in [0.717, 1.165) is 19.3 Å². The Bertz CT molecular complexity index is 531. The maximum atomic E-state index is 12.1. The highest BCUT2D eigenvalue weighted by Crippen LogP contribution is 2.32. The molecule has 0 saturated carbocycles. The summed E-state index contributed by atoms with van der Waals surface area (Å²) < 4.78 is 4.85. The standard InChI is InChI=1S/C18H28N2O3/c1-12(2)14-8-7-13-5-4-6-17(16(13)9-14)20-18(22)19-10-15(21)11-23-3/h7-9,12,15,17,21H,4-6,10-11H2,1-3H3,(H2,19,20,22)/t15?,17-/m1/s1. The summed E-state index contributed by atoms with van der Waals surface area (Å²) in [5, 5.41) is 15.3. The van der Waals surface area contributed by atoms with Crippen molar-refractivity contribution in [1.82, 2.24) is 10.6 Å². The second kappa shape index (κ2) is 8.31. The Morgan fingerprint density at radius 1 is 1.43 bits per heavy atom. The van der Waals surface area contributed by atoms with E-state index in [1.54, 1.807) is 0 Å². The summed E-state index contributed by atoms with van der Waals surface area (Å²) >= 11 is 0. The number of rotatable bonds is 6. The van der Waals surface area contributed by atoms with Gasteiger partial charge in [0.15, 0.2) is 0 Å². The van der Waals surface area contributed by atoms with Crippen LogP contribution in [0.1, 0.15) is 55.3 Å². The molecule has 0 spiro atoms. The van der Waals surface area contributed by atoms with Gasteiger partial charge in [-0.1, -0.05) is 32.0 Å². The van der Waals surface area contributed by atoms with Gasteiger partial charge in [0.2, 0.25) is 0 Å². The van der Waals surface area contributed by atoms with Crippen LogP contribution >= 0.6 is 0 Å². The van der Waals surface area contributed by atoms with Gasteiger partial charge >= 0.3 is 6.03 Å². The van der Waals surface area contributed by atoms with Crippen molar-refractivity contribution in [2.45, 2.75) is 51.2 Å². The number of nitrogens with one attached hydrogen (secondary N) is 2. The highest BCUT2D eigenvalue weighted by molar-refractivity contribution is 5.74. The first kappa shape index (κ1) is 17.8. The van der Waals surface area contributed by atoms with Crippen LogP contribution in [0, 0.1) is 0 Å². The van der Waals surface area contributed by atoms with E-state index in [1.165, 1.54) is 23.8 Å². The number of carbonyl (C=O) groups is 1. The van der Waals surface area contributed by atoms with Crippen molar-refractivity contribution in [2.24, 2.45) is 0 Å². The summed E-state index contributed by atoms with van der Waals surface area (Å²) in [4.78, 5) is 12.1. The molecular formula is C18H28N2O3. The van der Waals surface area contributed by atoms with Crippen LogP contribution in [0.5, 0.6) is 0 Å². The maximum Gasteiger partial charge on any atom is 0.315 e. The van der Waals surface area contributed by atoms with Crippen LogP contribution < -0.4 is 10.6 Å². The molecule has 0 heterocycles. The number of aryl methyl sites for hydroxylation is 1. The predicted molar refractivity (Wildman–Crippen MR) is 90.6 cm³/mol. The lowest BCUT2D eigenvalue weighted by Gasteiger charge is -2.27. The monoisotopic (exact) mass is 320 g/mol. The van der Waals surface area contributed by atoms with Crippen molar-refractivity contribution in [2.75, 3.05) is 20.3 Å². The van der Waals surface area contributed by atoms with Crippen LogP contribution in [0.3, 0.4) is 0 Å². The maximum absolute atomic E-state index is 12.1. The third kappa shape index (κ3) is 4.94. The number of methoxy groups -OCH3 is 1. The first-order valence-electron chi connectivity index (χ1n) is 8.35. The van der Waals surface area contributed by atoms with Gasteiger partial charge in [-0.2, -0.15) is 0 Å². The quantitative estimate of drug-likeness (QED) is 0.754. The van der Waals surface area contributed by atoms with Gasteiger partial charge in [-0.3, -0.25) is 0 Å². The molecule has 1 aliphatic carbocycles. The van der Waals surface area contributed by atoms with Gasteiger partial charge in [0.1, 0.15) is 0 Å². The molecule has 2 rings (SSSR count). The van der Waals surface area contributed by atoms with Crippen LogP contribution in [0.2, 0.25) is 0 Å². The molecule has 23 heavy (non-hydrogen) atoms. The molecule has 1 aromatic rings. The molecule has 5 heteroatoms. The number of hydrogen-bond acceptors (Lipinski definition) is 3. The number of aliphatic hydroxyl groups excluding tert-OH is 1. The summed E-state index contributed by atoms with van der Waals surface area (Å²) in [7, 11) is 1.52. The second-order valence-corrected chi connectivity index (χ2v) is 6.52. The number of benzene rings is 1. The summed E-state index contributed by atoms with van der Waals surface area (Å²) in [6.45, 7) is 4.75. The van der Waals surface area contributed by atoms with E-state index in [9.17, 15) is 9.90 Å². The average Bonchev–Trinajstić information content (AvgIpc) is 2.53. The third-order valence-corrected chi connectivity index (χ3v) is 4.31. The first-order valence-corrected chi connectivity index (χ1v) is 8.35. The highest BCUT2D eigenvalue weighted by atomic mass is 16.5. The predicted octanol–water partition coefficient (Wildman–Crippen LogP) is 2.49. The largest absolute Gasteiger partial charge is 0.389 e. The molecule has 2 amide bonds. The summed E-state index contributed by atoms with van der Waals surface area (Å²) in [5.74, 6) is 0.473. The van der Waals surface area contributed by atoms with E-state index in [0.29, 0.717) is 5.92 Å². The van der Waals surface area contributed by atoms with E-state index in [1.807, 2.05) is 0 Å². The fourth-order valence-corrected chi connectivity index (χ4v) is 3.00. The minimum atomic E-state index is -0.683. The highest BCUT2D eigenvalue weighted by Gasteiger charge is 2.22. The smallest absolute Gasteiger partial charge is 0.315 e. The Labute approximate surface area is 138 Å². The van der Waals surface area contributed by atoms with E-state index in [-0.39, 0.29) is 25.2 Å². The van der Waals surface area contributed by atoms with Crippen LogP contribution in [-0.4, -0.2) is 37.5 Å². The summed E-state index contributed by atoms with van der Waals surface area (Å²) in [6, 6.07) is 6.40. The number of aliphatic hydroxyl groups is 1. The van der Waals surface area contributed by atoms with Gasteiger partial charge in [0.05, 0.1) is 18.8 Å². The third-order valence-electron chi connectivity index (χ3n) is 4.31.